The summed E-state index contributed by atoms with van der Waals surface area (Å²) < 4.78 is 5.65. The highest BCUT2D eigenvalue weighted by atomic mass is 35.5. The number of allylic oxidation sites excluding steroid dienone is 1. The van der Waals surface area contributed by atoms with Crippen molar-refractivity contribution in [2.75, 3.05) is 57.7 Å². The van der Waals surface area contributed by atoms with Gasteiger partial charge in [-0.15, -0.1) is 0 Å². The SMILES string of the molecule is CC1(C)C2CC=C(CN(CCN3CCN(C(=O)COCc4ccccc4)CC3)C(=O)Nc3cccc(Cl)c3)C1C2. The first-order valence-corrected chi connectivity index (χ1v) is 14.8. The van der Waals surface area contributed by atoms with Gasteiger partial charge < -0.3 is 19.9 Å². The van der Waals surface area contributed by atoms with Crippen LogP contribution in [0.25, 0.3) is 0 Å². The van der Waals surface area contributed by atoms with Gasteiger partial charge in [0.05, 0.1) is 6.61 Å². The molecule has 3 amide bonds. The van der Waals surface area contributed by atoms with Crippen LogP contribution in [-0.4, -0.2) is 79.1 Å². The van der Waals surface area contributed by atoms with Gasteiger partial charge in [-0.3, -0.25) is 9.69 Å². The van der Waals surface area contributed by atoms with Gasteiger partial charge in [-0.25, -0.2) is 4.79 Å². The van der Waals surface area contributed by atoms with Gasteiger partial charge in [0.15, 0.2) is 0 Å². The molecule has 8 heteroatoms. The zero-order valence-electron chi connectivity index (χ0n) is 23.7. The first kappa shape index (κ1) is 28.7. The van der Waals surface area contributed by atoms with E-state index in [1.165, 1.54) is 12.0 Å². The maximum atomic E-state index is 13.5. The Morgan fingerprint density at radius 2 is 1.85 bits per heavy atom. The number of amides is 3. The number of hydrogen-bond acceptors (Lipinski definition) is 4. The van der Waals surface area contributed by atoms with Crippen LogP contribution >= 0.6 is 11.6 Å². The molecule has 1 N–H and O–H groups in total. The minimum Gasteiger partial charge on any atom is -0.367 e. The second-order valence-electron chi connectivity index (χ2n) is 11.9. The molecule has 1 aliphatic heterocycles. The van der Waals surface area contributed by atoms with Crippen LogP contribution in [0.1, 0.15) is 32.3 Å². The van der Waals surface area contributed by atoms with E-state index in [2.05, 4.69) is 30.1 Å². The van der Waals surface area contributed by atoms with E-state index < -0.39 is 0 Å². The third-order valence-corrected chi connectivity index (χ3v) is 9.30. The van der Waals surface area contributed by atoms with Crippen LogP contribution in [-0.2, 0) is 16.1 Å². The molecule has 2 fully saturated rings. The van der Waals surface area contributed by atoms with Gasteiger partial charge >= 0.3 is 6.03 Å². The molecule has 2 bridgehead atoms. The average molecular weight is 565 g/mol. The monoisotopic (exact) mass is 564 g/mol. The molecule has 4 aliphatic rings. The maximum Gasteiger partial charge on any atom is 0.322 e. The third-order valence-electron chi connectivity index (χ3n) is 9.07. The Morgan fingerprint density at radius 1 is 1.07 bits per heavy atom. The number of ether oxygens (including phenoxy) is 1. The van der Waals surface area contributed by atoms with Gasteiger partial charge in [-0.2, -0.15) is 0 Å². The number of nitrogens with zero attached hydrogens (tertiary/aromatic N) is 3. The van der Waals surface area contributed by atoms with Crippen LogP contribution in [0.5, 0.6) is 0 Å². The molecule has 0 radical (unpaired) electrons. The molecule has 1 saturated heterocycles. The number of anilines is 1. The highest BCUT2D eigenvalue weighted by molar-refractivity contribution is 6.30. The minimum absolute atomic E-state index is 0.0313. The Labute approximate surface area is 243 Å². The number of fused-ring (bicyclic) bond motifs is 1. The molecule has 40 heavy (non-hydrogen) atoms. The zero-order chi connectivity index (χ0) is 28.1. The number of urea groups is 1. The summed E-state index contributed by atoms with van der Waals surface area (Å²) in [6.07, 6.45) is 4.70. The molecule has 214 valence electrons. The summed E-state index contributed by atoms with van der Waals surface area (Å²) in [7, 11) is 0. The largest absolute Gasteiger partial charge is 0.367 e. The fourth-order valence-electron chi connectivity index (χ4n) is 6.30. The summed E-state index contributed by atoms with van der Waals surface area (Å²) >= 11 is 6.16. The highest BCUT2D eigenvalue weighted by Crippen LogP contribution is 2.59. The lowest BCUT2D eigenvalue weighted by molar-refractivity contribution is -0.138. The average Bonchev–Trinajstić information content (AvgIpc) is 2.96. The summed E-state index contributed by atoms with van der Waals surface area (Å²) in [5, 5.41) is 3.65. The zero-order valence-corrected chi connectivity index (χ0v) is 24.4. The van der Waals surface area contributed by atoms with E-state index in [0.29, 0.717) is 54.8 Å². The Morgan fingerprint density at radius 3 is 2.55 bits per heavy atom. The van der Waals surface area contributed by atoms with E-state index in [-0.39, 0.29) is 18.5 Å². The first-order valence-electron chi connectivity index (χ1n) is 14.4. The standard InChI is InChI=1S/C32H41ClN4O3/c1-32(2)26-12-11-25(29(32)19-26)21-37(31(39)34-28-10-6-9-27(33)20-28)18-15-35-13-16-36(17-14-35)30(38)23-40-22-24-7-4-3-5-8-24/h3-11,20,26,29H,12-19,21-23H2,1-2H3,(H,34,39). The van der Waals surface area contributed by atoms with Gasteiger partial charge in [-0.05, 0) is 53.9 Å². The Balaban J connectivity index is 1.12. The van der Waals surface area contributed by atoms with Crippen LogP contribution in [0.2, 0.25) is 5.02 Å². The van der Waals surface area contributed by atoms with Gasteiger partial charge in [-0.1, -0.05) is 73.5 Å². The molecule has 2 atom stereocenters. The third kappa shape index (κ3) is 6.88. The summed E-state index contributed by atoms with van der Waals surface area (Å²) in [6.45, 7) is 10.2. The van der Waals surface area contributed by atoms with Crippen molar-refractivity contribution >= 4 is 29.2 Å². The fourth-order valence-corrected chi connectivity index (χ4v) is 6.49. The van der Waals surface area contributed by atoms with Crippen molar-refractivity contribution in [2.24, 2.45) is 17.3 Å². The highest BCUT2D eigenvalue weighted by Gasteiger charge is 2.51. The van der Waals surface area contributed by atoms with Gasteiger partial charge in [0.1, 0.15) is 6.61 Å². The molecule has 2 aromatic carbocycles. The van der Waals surface area contributed by atoms with Gasteiger partial charge in [0.2, 0.25) is 5.91 Å². The number of rotatable bonds is 10. The molecule has 3 aliphatic carbocycles. The molecular formula is C32H41ClN4O3. The molecular weight excluding hydrogens is 524 g/mol. The number of carbonyl (C=O) groups excluding carboxylic acids is 2. The minimum atomic E-state index is -0.105. The summed E-state index contributed by atoms with van der Waals surface area (Å²) in [4.78, 5) is 32.3. The van der Waals surface area contributed by atoms with Crippen LogP contribution in [0.15, 0.2) is 66.2 Å². The quantitative estimate of drug-likeness (QED) is 0.386. The number of piperazine rings is 1. The van der Waals surface area contributed by atoms with Crippen molar-refractivity contribution in [1.29, 1.82) is 0 Å². The first-order chi connectivity index (χ1) is 19.3. The second kappa shape index (κ2) is 12.8. The molecule has 7 nitrogen and oxygen atoms in total. The normalized spacial score (nSPS) is 21.8. The topological polar surface area (TPSA) is 65.1 Å². The molecule has 2 unspecified atom stereocenters. The predicted molar refractivity (Wildman–Crippen MR) is 159 cm³/mol. The lowest BCUT2D eigenvalue weighted by Gasteiger charge is -2.57. The van der Waals surface area contributed by atoms with Crippen molar-refractivity contribution in [3.63, 3.8) is 0 Å². The van der Waals surface area contributed by atoms with Gasteiger partial charge in [0, 0.05) is 56.5 Å². The fraction of sp³-hybridized carbons (Fsp3) is 0.500. The van der Waals surface area contributed by atoms with Crippen molar-refractivity contribution < 1.29 is 14.3 Å². The van der Waals surface area contributed by atoms with Crippen LogP contribution < -0.4 is 5.32 Å². The Kier molecular flexibility index (Phi) is 9.13. The molecule has 6 rings (SSSR count). The van der Waals surface area contributed by atoms with E-state index >= 15 is 0 Å². The van der Waals surface area contributed by atoms with Crippen molar-refractivity contribution in [2.45, 2.75) is 33.3 Å². The number of nitrogens with one attached hydrogen (secondary N) is 1. The molecule has 1 heterocycles. The molecule has 1 saturated carbocycles. The van der Waals surface area contributed by atoms with Crippen molar-refractivity contribution in [3.8, 4) is 0 Å². The van der Waals surface area contributed by atoms with Gasteiger partial charge in [0.25, 0.3) is 0 Å². The van der Waals surface area contributed by atoms with E-state index in [1.807, 2.05) is 52.3 Å². The lowest BCUT2D eigenvalue weighted by atomic mass is 9.49. The molecule has 2 aromatic rings. The van der Waals surface area contributed by atoms with E-state index in [4.69, 9.17) is 16.3 Å². The summed E-state index contributed by atoms with van der Waals surface area (Å²) in [5.74, 6) is 1.34. The smallest absolute Gasteiger partial charge is 0.322 e. The number of hydrogen-bond donors (Lipinski definition) is 1. The Hall–Kier alpha value is -2.87. The van der Waals surface area contributed by atoms with Crippen molar-refractivity contribution in [3.05, 3.63) is 76.8 Å². The lowest BCUT2D eigenvalue weighted by Crippen LogP contribution is -2.53. The number of benzene rings is 2. The van der Waals surface area contributed by atoms with Crippen LogP contribution in [0.4, 0.5) is 10.5 Å². The van der Waals surface area contributed by atoms with Crippen molar-refractivity contribution in [1.82, 2.24) is 14.7 Å². The summed E-state index contributed by atoms with van der Waals surface area (Å²) in [5.41, 5.74) is 3.46. The number of halogens is 1. The number of carbonyl (C=O) groups is 2. The van der Waals surface area contributed by atoms with Crippen LogP contribution in [0.3, 0.4) is 0 Å². The second-order valence-corrected chi connectivity index (χ2v) is 12.3. The molecule has 0 spiro atoms. The van der Waals surface area contributed by atoms with E-state index in [9.17, 15) is 9.59 Å². The maximum absolute atomic E-state index is 13.5. The Bertz CT molecular complexity index is 1210. The van der Waals surface area contributed by atoms with E-state index in [1.54, 1.807) is 12.1 Å². The van der Waals surface area contributed by atoms with Crippen LogP contribution in [0, 0.1) is 17.3 Å². The summed E-state index contributed by atoms with van der Waals surface area (Å²) in [6, 6.07) is 17.1. The van der Waals surface area contributed by atoms with E-state index in [0.717, 1.165) is 37.5 Å². The predicted octanol–water partition coefficient (Wildman–Crippen LogP) is 5.53. The molecule has 0 aromatic heterocycles.